The maximum Gasteiger partial charge on any atom is 0.410 e. The van der Waals surface area contributed by atoms with E-state index >= 15 is 0 Å². The molecule has 27 heavy (non-hydrogen) atoms. The lowest BCUT2D eigenvalue weighted by Crippen LogP contribution is -2.51. The van der Waals surface area contributed by atoms with Gasteiger partial charge < -0.3 is 4.74 Å². The molecule has 2 aromatic carbocycles. The predicted octanol–water partition coefficient (Wildman–Crippen LogP) is 5.01. The summed E-state index contributed by atoms with van der Waals surface area (Å²) >= 11 is 0. The summed E-state index contributed by atoms with van der Waals surface area (Å²) in [5.41, 5.74) is 4.35. The van der Waals surface area contributed by atoms with Gasteiger partial charge in [-0.25, -0.2) is 4.79 Å². The van der Waals surface area contributed by atoms with Crippen LogP contribution in [-0.2, 0) is 11.3 Å². The zero-order valence-electron chi connectivity index (χ0n) is 15.3. The van der Waals surface area contributed by atoms with Gasteiger partial charge in [0, 0.05) is 11.6 Å². The molecule has 2 unspecified atom stereocenters. The van der Waals surface area contributed by atoms with Crippen LogP contribution in [0.15, 0.2) is 60.7 Å². The fourth-order valence-corrected chi connectivity index (χ4v) is 4.13. The van der Waals surface area contributed by atoms with Gasteiger partial charge in [0.2, 0.25) is 0 Å². The molecule has 1 saturated heterocycles. The molecular weight excluding hydrogens is 334 g/mol. The van der Waals surface area contributed by atoms with E-state index in [1.807, 2.05) is 47.4 Å². The Bertz CT molecular complexity index is 894. The molecule has 2 aromatic rings. The lowest BCUT2D eigenvalue weighted by Gasteiger charge is -2.44. The van der Waals surface area contributed by atoms with Crippen LogP contribution in [0.4, 0.5) is 4.79 Å². The van der Waals surface area contributed by atoms with Crippen LogP contribution in [0.25, 0.3) is 5.57 Å². The van der Waals surface area contributed by atoms with Gasteiger partial charge in [0.25, 0.3) is 0 Å². The van der Waals surface area contributed by atoms with Crippen molar-refractivity contribution in [2.24, 2.45) is 0 Å². The standard InChI is InChI=1S/C24H23NO2/c1-2-18-10-6-11-20(14-18)21-15-22-12-7-13-23(16-21)25(22)24(26)27-17-19-8-4-3-5-9-19/h1,3-6,8-11,14-15,22-23H,7,12-13,16-17H2. The van der Waals surface area contributed by atoms with Gasteiger partial charge in [0.05, 0.1) is 6.04 Å². The van der Waals surface area contributed by atoms with Crippen LogP contribution in [0.3, 0.4) is 0 Å². The maximum absolute atomic E-state index is 12.8. The van der Waals surface area contributed by atoms with Crippen molar-refractivity contribution in [3.63, 3.8) is 0 Å². The normalized spacial score (nSPS) is 21.1. The first-order valence-corrected chi connectivity index (χ1v) is 9.51. The number of ether oxygens (including phenoxy) is 1. The number of hydrogen-bond acceptors (Lipinski definition) is 2. The van der Waals surface area contributed by atoms with Crippen LogP contribution in [0.1, 0.15) is 42.4 Å². The largest absolute Gasteiger partial charge is 0.445 e. The lowest BCUT2D eigenvalue weighted by atomic mass is 9.83. The van der Waals surface area contributed by atoms with E-state index < -0.39 is 0 Å². The molecule has 0 N–H and O–H groups in total. The maximum atomic E-state index is 12.8. The van der Waals surface area contributed by atoms with Gasteiger partial charge in [-0.1, -0.05) is 54.5 Å². The number of amides is 1. The summed E-state index contributed by atoms with van der Waals surface area (Å²) in [5, 5.41) is 0. The number of carbonyl (C=O) groups excluding carboxylic acids is 1. The molecule has 2 bridgehead atoms. The molecule has 0 radical (unpaired) electrons. The van der Waals surface area contributed by atoms with Gasteiger partial charge in [-0.05, 0) is 54.5 Å². The van der Waals surface area contributed by atoms with E-state index in [1.165, 1.54) is 11.1 Å². The molecule has 2 atom stereocenters. The first-order chi connectivity index (χ1) is 13.2. The Balaban J connectivity index is 1.51. The number of fused-ring (bicyclic) bond motifs is 2. The molecule has 4 rings (SSSR count). The second-order valence-electron chi connectivity index (χ2n) is 7.22. The molecule has 1 amide bonds. The third kappa shape index (κ3) is 3.75. The minimum Gasteiger partial charge on any atom is -0.445 e. The summed E-state index contributed by atoms with van der Waals surface area (Å²) in [6.07, 6.45) is 11.6. The van der Waals surface area contributed by atoms with Gasteiger partial charge in [0.1, 0.15) is 6.61 Å². The third-order valence-electron chi connectivity index (χ3n) is 5.45. The molecule has 3 heteroatoms. The monoisotopic (exact) mass is 357 g/mol. The molecule has 1 fully saturated rings. The number of terminal acetylenes is 1. The Morgan fingerprint density at radius 2 is 2.00 bits per heavy atom. The number of hydrogen-bond donors (Lipinski definition) is 0. The van der Waals surface area contributed by atoms with Crippen LogP contribution in [0.5, 0.6) is 0 Å². The zero-order chi connectivity index (χ0) is 18.6. The van der Waals surface area contributed by atoms with Crippen molar-refractivity contribution in [3.8, 4) is 12.3 Å². The van der Waals surface area contributed by atoms with Crippen molar-refractivity contribution in [2.45, 2.75) is 44.4 Å². The topological polar surface area (TPSA) is 29.5 Å². The Kier molecular flexibility index (Phi) is 4.98. The van der Waals surface area contributed by atoms with Gasteiger partial charge >= 0.3 is 6.09 Å². The van der Waals surface area contributed by atoms with Crippen molar-refractivity contribution in [1.82, 2.24) is 4.90 Å². The van der Waals surface area contributed by atoms with Crippen molar-refractivity contribution in [2.75, 3.05) is 0 Å². The fraction of sp³-hybridized carbons (Fsp3) is 0.292. The molecule has 136 valence electrons. The van der Waals surface area contributed by atoms with E-state index in [9.17, 15) is 4.79 Å². The molecule has 0 aliphatic carbocycles. The van der Waals surface area contributed by atoms with E-state index in [0.717, 1.165) is 36.8 Å². The smallest absolute Gasteiger partial charge is 0.410 e. The van der Waals surface area contributed by atoms with Crippen LogP contribution < -0.4 is 0 Å². The second kappa shape index (κ2) is 7.72. The highest BCUT2D eigenvalue weighted by Crippen LogP contribution is 2.37. The van der Waals surface area contributed by atoms with Crippen molar-refractivity contribution in [3.05, 3.63) is 77.4 Å². The Morgan fingerprint density at radius 1 is 1.15 bits per heavy atom. The van der Waals surface area contributed by atoms with Gasteiger partial charge in [-0.2, -0.15) is 0 Å². The molecular formula is C24H23NO2. The van der Waals surface area contributed by atoms with Crippen LogP contribution in [0.2, 0.25) is 0 Å². The average Bonchev–Trinajstić information content (AvgIpc) is 2.72. The highest BCUT2D eigenvalue weighted by atomic mass is 16.6. The van der Waals surface area contributed by atoms with Gasteiger partial charge in [-0.15, -0.1) is 6.42 Å². The van der Waals surface area contributed by atoms with Crippen molar-refractivity contribution in [1.29, 1.82) is 0 Å². The molecule has 3 nitrogen and oxygen atoms in total. The molecule has 0 aromatic heterocycles. The summed E-state index contributed by atoms with van der Waals surface area (Å²) in [5.74, 6) is 2.70. The van der Waals surface area contributed by atoms with E-state index in [1.54, 1.807) is 0 Å². The molecule has 0 spiro atoms. The number of rotatable bonds is 3. The van der Waals surface area contributed by atoms with Crippen LogP contribution >= 0.6 is 0 Å². The minimum absolute atomic E-state index is 0.102. The number of benzene rings is 2. The van der Waals surface area contributed by atoms with E-state index in [0.29, 0.717) is 6.61 Å². The first kappa shape index (κ1) is 17.4. The van der Waals surface area contributed by atoms with E-state index in [2.05, 4.69) is 24.1 Å². The number of piperidine rings is 1. The predicted molar refractivity (Wildman–Crippen MR) is 107 cm³/mol. The van der Waals surface area contributed by atoms with E-state index in [4.69, 9.17) is 11.2 Å². The Morgan fingerprint density at radius 3 is 2.78 bits per heavy atom. The fourth-order valence-electron chi connectivity index (χ4n) is 4.13. The number of nitrogens with zero attached hydrogens (tertiary/aromatic N) is 1. The average molecular weight is 357 g/mol. The quantitative estimate of drug-likeness (QED) is 0.722. The second-order valence-corrected chi connectivity index (χ2v) is 7.22. The van der Waals surface area contributed by atoms with Crippen molar-refractivity contribution < 1.29 is 9.53 Å². The third-order valence-corrected chi connectivity index (χ3v) is 5.45. The highest BCUT2D eigenvalue weighted by molar-refractivity contribution is 5.75. The van der Waals surface area contributed by atoms with Crippen molar-refractivity contribution >= 4 is 11.7 Å². The first-order valence-electron chi connectivity index (χ1n) is 9.51. The summed E-state index contributed by atoms with van der Waals surface area (Å²) in [6.45, 7) is 0.316. The SMILES string of the molecule is C#Cc1cccc(C2=CC3CCCC(C2)N3C(=O)OCc2ccccc2)c1. The summed E-state index contributed by atoms with van der Waals surface area (Å²) in [7, 11) is 0. The molecule has 0 saturated carbocycles. The van der Waals surface area contributed by atoms with Crippen LogP contribution in [0, 0.1) is 12.3 Å². The zero-order valence-corrected chi connectivity index (χ0v) is 15.3. The van der Waals surface area contributed by atoms with Gasteiger partial charge in [0.15, 0.2) is 0 Å². The van der Waals surface area contributed by atoms with Gasteiger partial charge in [-0.3, -0.25) is 4.90 Å². The highest BCUT2D eigenvalue weighted by Gasteiger charge is 2.38. The lowest BCUT2D eigenvalue weighted by molar-refractivity contribution is 0.0510. The number of carbonyl (C=O) groups is 1. The molecule has 2 aliphatic rings. The van der Waals surface area contributed by atoms with Crippen LogP contribution in [-0.4, -0.2) is 23.1 Å². The minimum atomic E-state index is -0.207. The van der Waals surface area contributed by atoms with E-state index in [-0.39, 0.29) is 18.2 Å². The summed E-state index contributed by atoms with van der Waals surface area (Å²) in [4.78, 5) is 14.7. The molecule has 2 heterocycles. The molecule has 2 aliphatic heterocycles. The Hall–Kier alpha value is -2.99. The summed E-state index contributed by atoms with van der Waals surface area (Å²) in [6, 6.07) is 18.2. The Labute approximate surface area is 160 Å². The summed E-state index contributed by atoms with van der Waals surface area (Å²) < 4.78 is 5.61.